The van der Waals surface area contributed by atoms with Gasteiger partial charge in [-0.25, -0.2) is 4.79 Å². The smallest absolute Gasteiger partial charge is 0.349 e. The van der Waals surface area contributed by atoms with Gasteiger partial charge in [0.1, 0.15) is 11.6 Å². The van der Waals surface area contributed by atoms with Gasteiger partial charge >= 0.3 is 5.97 Å². The summed E-state index contributed by atoms with van der Waals surface area (Å²) in [6.07, 6.45) is 1.50. The van der Waals surface area contributed by atoms with E-state index in [0.717, 1.165) is 18.4 Å². The van der Waals surface area contributed by atoms with Crippen molar-refractivity contribution in [1.82, 2.24) is 0 Å². The quantitative estimate of drug-likeness (QED) is 0.393. The maximum atomic E-state index is 11.4. The molecular formula is C11H17NO2. The van der Waals surface area contributed by atoms with Crippen LogP contribution < -0.4 is 0 Å². The fourth-order valence-electron chi connectivity index (χ4n) is 1.09. The van der Waals surface area contributed by atoms with E-state index in [9.17, 15) is 4.79 Å². The van der Waals surface area contributed by atoms with Gasteiger partial charge < -0.3 is 4.74 Å². The van der Waals surface area contributed by atoms with Gasteiger partial charge in [-0.15, -0.1) is 0 Å². The lowest BCUT2D eigenvalue weighted by Crippen LogP contribution is -2.14. The van der Waals surface area contributed by atoms with Gasteiger partial charge in [-0.05, 0) is 32.8 Å². The molecule has 0 saturated carbocycles. The first kappa shape index (κ1) is 12.7. The molecule has 3 nitrogen and oxygen atoms in total. The van der Waals surface area contributed by atoms with Crippen molar-refractivity contribution >= 4 is 5.97 Å². The van der Waals surface area contributed by atoms with E-state index in [4.69, 9.17) is 10.00 Å². The number of hydrogen-bond donors (Lipinski definition) is 0. The molecule has 0 unspecified atom stereocenters. The predicted molar refractivity (Wildman–Crippen MR) is 54.4 cm³/mol. The monoisotopic (exact) mass is 195 g/mol. The highest BCUT2D eigenvalue weighted by Crippen LogP contribution is 2.12. The molecule has 0 saturated heterocycles. The fraction of sp³-hybridized carbons (Fsp3) is 0.636. The van der Waals surface area contributed by atoms with Crippen LogP contribution in [-0.4, -0.2) is 12.1 Å². The lowest BCUT2D eigenvalue weighted by Gasteiger charge is -2.08. The van der Waals surface area contributed by atoms with Gasteiger partial charge in [0.2, 0.25) is 0 Å². The molecule has 0 heterocycles. The maximum absolute atomic E-state index is 11.4. The van der Waals surface area contributed by atoms with E-state index in [-0.39, 0.29) is 11.7 Å². The Labute approximate surface area is 85.4 Å². The average molecular weight is 195 g/mol. The van der Waals surface area contributed by atoms with Gasteiger partial charge in [-0.3, -0.25) is 0 Å². The van der Waals surface area contributed by atoms with Crippen LogP contribution in [0.3, 0.4) is 0 Å². The van der Waals surface area contributed by atoms with Crippen molar-refractivity contribution in [3.8, 4) is 6.07 Å². The molecule has 3 heteroatoms. The Morgan fingerprint density at radius 3 is 2.43 bits per heavy atom. The summed E-state index contributed by atoms with van der Waals surface area (Å²) >= 11 is 0. The second kappa shape index (κ2) is 6.20. The van der Waals surface area contributed by atoms with Gasteiger partial charge in [-0.1, -0.05) is 13.3 Å². The van der Waals surface area contributed by atoms with Gasteiger partial charge in [-0.2, -0.15) is 5.26 Å². The summed E-state index contributed by atoms with van der Waals surface area (Å²) in [5.41, 5.74) is 0.959. The minimum absolute atomic E-state index is 0.153. The molecule has 0 atom stereocenters. The molecule has 0 N–H and O–H groups in total. The van der Waals surface area contributed by atoms with E-state index in [1.54, 1.807) is 20.8 Å². The number of ether oxygens (including phenoxy) is 1. The van der Waals surface area contributed by atoms with Crippen molar-refractivity contribution in [1.29, 1.82) is 5.26 Å². The highest BCUT2D eigenvalue weighted by molar-refractivity contribution is 5.93. The number of hydrogen-bond acceptors (Lipinski definition) is 3. The van der Waals surface area contributed by atoms with Crippen LogP contribution >= 0.6 is 0 Å². The van der Waals surface area contributed by atoms with Crippen molar-refractivity contribution in [3.05, 3.63) is 11.1 Å². The number of allylic oxidation sites excluding steroid dienone is 1. The van der Waals surface area contributed by atoms with Crippen LogP contribution in [-0.2, 0) is 9.53 Å². The van der Waals surface area contributed by atoms with Crippen LogP contribution in [0.15, 0.2) is 11.1 Å². The van der Waals surface area contributed by atoms with Crippen LogP contribution in [0.5, 0.6) is 0 Å². The third kappa shape index (κ3) is 4.08. The summed E-state index contributed by atoms with van der Waals surface area (Å²) < 4.78 is 4.95. The van der Waals surface area contributed by atoms with Crippen LogP contribution in [0.25, 0.3) is 0 Å². The molecule has 0 amide bonds. The number of carbonyl (C=O) groups is 1. The summed E-state index contributed by atoms with van der Waals surface area (Å²) in [6, 6.07) is 1.90. The number of rotatable bonds is 4. The first-order chi connectivity index (χ1) is 6.52. The lowest BCUT2D eigenvalue weighted by molar-refractivity contribution is -0.142. The molecule has 0 spiro atoms. The third-order valence-electron chi connectivity index (χ3n) is 1.71. The van der Waals surface area contributed by atoms with E-state index in [1.807, 2.05) is 13.0 Å². The summed E-state index contributed by atoms with van der Waals surface area (Å²) in [7, 11) is 0. The molecule has 0 rings (SSSR count). The van der Waals surface area contributed by atoms with Crippen molar-refractivity contribution < 1.29 is 9.53 Å². The van der Waals surface area contributed by atoms with E-state index in [0.29, 0.717) is 0 Å². The number of esters is 1. The first-order valence-electron chi connectivity index (χ1n) is 4.83. The first-order valence-corrected chi connectivity index (χ1v) is 4.83. The predicted octanol–water partition coefficient (Wildman–Crippen LogP) is 2.58. The van der Waals surface area contributed by atoms with Gasteiger partial charge in [0, 0.05) is 0 Å². The molecule has 0 aromatic rings. The molecule has 0 aliphatic rings. The third-order valence-corrected chi connectivity index (χ3v) is 1.71. The van der Waals surface area contributed by atoms with E-state index in [1.165, 1.54) is 0 Å². The second-order valence-corrected chi connectivity index (χ2v) is 3.47. The average Bonchev–Trinajstić information content (AvgIpc) is 2.04. The minimum atomic E-state index is -0.506. The molecule has 0 aliphatic carbocycles. The molecule has 0 aliphatic heterocycles. The Morgan fingerprint density at radius 2 is 2.07 bits per heavy atom. The molecule has 0 fully saturated rings. The number of nitrogens with zero attached hydrogens (tertiary/aromatic N) is 1. The number of nitriles is 1. The Balaban J connectivity index is 4.65. The second-order valence-electron chi connectivity index (χ2n) is 3.47. The zero-order chi connectivity index (χ0) is 11.1. The Morgan fingerprint density at radius 1 is 1.50 bits per heavy atom. The summed E-state index contributed by atoms with van der Waals surface area (Å²) in [5.74, 6) is -0.506. The Bertz CT molecular complexity index is 272. The maximum Gasteiger partial charge on any atom is 0.349 e. The van der Waals surface area contributed by atoms with Crippen LogP contribution in [0.2, 0.25) is 0 Å². The zero-order valence-electron chi connectivity index (χ0n) is 9.26. The molecule has 0 bridgehead atoms. The largest absolute Gasteiger partial charge is 0.459 e. The van der Waals surface area contributed by atoms with Crippen molar-refractivity contribution in [2.75, 3.05) is 0 Å². The summed E-state index contributed by atoms with van der Waals surface area (Å²) in [4.78, 5) is 11.4. The van der Waals surface area contributed by atoms with Crippen molar-refractivity contribution in [3.63, 3.8) is 0 Å². The molecule has 78 valence electrons. The fourth-order valence-corrected chi connectivity index (χ4v) is 1.09. The summed E-state index contributed by atoms with van der Waals surface area (Å²) in [5, 5.41) is 8.80. The Hall–Kier alpha value is -1.30. The Kier molecular flexibility index (Phi) is 5.62. The minimum Gasteiger partial charge on any atom is -0.459 e. The van der Waals surface area contributed by atoms with E-state index in [2.05, 4.69) is 0 Å². The molecule has 0 aromatic heterocycles. The SMILES string of the molecule is CCC/C(C)=C(/C#N)C(=O)OC(C)C. The van der Waals surface area contributed by atoms with Crippen LogP contribution in [0, 0.1) is 11.3 Å². The molecular weight excluding hydrogens is 178 g/mol. The molecule has 14 heavy (non-hydrogen) atoms. The van der Waals surface area contributed by atoms with E-state index >= 15 is 0 Å². The highest BCUT2D eigenvalue weighted by atomic mass is 16.5. The zero-order valence-corrected chi connectivity index (χ0v) is 9.26. The lowest BCUT2D eigenvalue weighted by atomic mass is 10.1. The van der Waals surface area contributed by atoms with Crippen molar-refractivity contribution in [2.24, 2.45) is 0 Å². The van der Waals surface area contributed by atoms with E-state index < -0.39 is 5.97 Å². The summed E-state index contributed by atoms with van der Waals surface area (Å²) in [6.45, 7) is 7.33. The number of carbonyl (C=O) groups excluding carboxylic acids is 1. The van der Waals surface area contributed by atoms with Gasteiger partial charge in [0.05, 0.1) is 6.10 Å². The van der Waals surface area contributed by atoms with Crippen LogP contribution in [0.4, 0.5) is 0 Å². The molecule has 0 radical (unpaired) electrons. The van der Waals surface area contributed by atoms with Crippen LogP contribution in [0.1, 0.15) is 40.5 Å². The molecule has 0 aromatic carbocycles. The topological polar surface area (TPSA) is 50.1 Å². The van der Waals surface area contributed by atoms with Crippen molar-refractivity contribution in [2.45, 2.75) is 46.6 Å². The van der Waals surface area contributed by atoms with Gasteiger partial charge in [0.25, 0.3) is 0 Å². The normalized spacial score (nSPS) is 12.0. The highest BCUT2D eigenvalue weighted by Gasteiger charge is 2.14. The van der Waals surface area contributed by atoms with Gasteiger partial charge in [0.15, 0.2) is 0 Å². The standard InChI is InChI=1S/C11H17NO2/c1-5-6-9(4)10(7-12)11(13)14-8(2)3/h8H,5-6H2,1-4H3/b10-9-.